The van der Waals surface area contributed by atoms with Crippen molar-refractivity contribution in [2.24, 2.45) is 0 Å². The highest BCUT2D eigenvalue weighted by molar-refractivity contribution is 7.13. The molecule has 0 bridgehead atoms. The van der Waals surface area contributed by atoms with Gasteiger partial charge in [0, 0.05) is 50.3 Å². The molecule has 6 rings (SSSR count). The number of carbonyl (C=O) groups is 1. The lowest BCUT2D eigenvalue weighted by atomic mass is 10.1. The molecule has 1 amide bonds. The molecule has 0 saturated carbocycles. The van der Waals surface area contributed by atoms with Gasteiger partial charge >= 0.3 is 0 Å². The van der Waals surface area contributed by atoms with Gasteiger partial charge in [0.15, 0.2) is 5.65 Å². The average molecular weight is 497 g/mol. The minimum atomic E-state index is 0.0509. The van der Waals surface area contributed by atoms with Crippen LogP contribution in [0.4, 0.5) is 0 Å². The molecule has 1 saturated heterocycles. The number of piperazine rings is 1. The molecule has 8 heteroatoms. The summed E-state index contributed by atoms with van der Waals surface area (Å²) in [5.74, 6) is 0.0509. The Morgan fingerprint density at radius 2 is 1.89 bits per heavy atom. The van der Waals surface area contributed by atoms with Gasteiger partial charge in [-0.05, 0) is 43.0 Å². The van der Waals surface area contributed by atoms with E-state index in [1.54, 1.807) is 17.5 Å². The standard InChI is InChI=1S/C28H28N6OS/c1-19(2)34-27-23(17-30-34)22(16-24(31-27)25-9-5-15-36-25)28(35)33-13-11-32(12-14-33)18-21-7-3-6-20-8-4-10-29-26(20)21/h3-10,15-17,19H,11-14,18H2,1-2H3. The highest BCUT2D eigenvalue weighted by atomic mass is 32.1. The molecule has 4 aromatic heterocycles. The zero-order valence-electron chi connectivity index (χ0n) is 20.5. The maximum absolute atomic E-state index is 13.8. The fourth-order valence-electron chi connectivity index (χ4n) is 4.94. The van der Waals surface area contributed by atoms with Gasteiger partial charge in [0.25, 0.3) is 5.91 Å². The number of amides is 1. The van der Waals surface area contributed by atoms with Gasteiger partial charge in [-0.15, -0.1) is 11.3 Å². The summed E-state index contributed by atoms with van der Waals surface area (Å²) >= 11 is 1.63. The number of thiophene rings is 1. The van der Waals surface area contributed by atoms with Crippen molar-refractivity contribution in [2.45, 2.75) is 26.4 Å². The van der Waals surface area contributed by atoms with Crippen LogP contribution in [0.3, 0.4) is 0 Å². The summed E-state index contributed by atoms with van der Waals surface area (Å²) < 4.78 is 1.90. The first-order valence-corrected chi connectivity index (χ1v) is 13.2. The second-order valence-corrected chi connectivity index (χ2v) is 10.5. The number of hydrogen-bond donors (Lipinski definition) is 0. The molecular weight excluding hydrogens is 468 g/mol. The Balaban J connectivity index is 1.24. The summed E-state index contributed by atoms with van der Waals surface area (Å²) in [5, 5.41) is 8.58. The van der Waals surface area contributed by atoms with Crippen LogP contribution in [0.1, 0.15) is 35.8 Å². The number of carbonyl (C=O) groups excluding carboxylic acids is 1. The van der Waals surface area contributed by atoms with Gasteiger partial charge in [0.2, 0.25) is 0 Å². The van der Waals surface area contributed by atoms with Crippen LogP contribution in [0.25, 0.3) is 32.5 Å². The quantitative estimate of drug-likeness (QED) is 0.333. The second kappa shape index (κ2) is 9.44. The normalized spacial score (nSPS) is 14.8. The van der Waals surface area contributed by atoms with Crippen LogP contribution in [0.15, 0.2) is 66.3 Å². The van der Waals surface area contributed by atoms with E-state index in [1.807, 2.05) is 45.4 Å². The SMILES string of the molecule is CC(C)n1ncc2c(C(=O)N3CCN(Cc4cccc5cccnc45)CC3)cc(-c3cccs3)nc21. The summed E-state index contributed by atoms with van der Waals surface area (Å²) in [4.78, 5) is 28.7. The van der Waals surface area contributed by atoms with E-state index in [9.17, 15) is 4.79 Å². The molecule has 1 aliphatic heterocycles. The molecule has 1 aliphatic rings. The van der Waals surface area contributed by atoms with E-state index in [0.717, 1.165) is 52.1 Å². The van der Waals surface area contributed by atoms with Crippen LogP contribution in [0, 0.1) is 0 Å². The number of para-hydroxylation sites is 1. The van der Waals surface area contributed by atoms with Gasteiger partial charge in [0.1, 0.15) is 0 Å². The lowest BCUT2D eigenvalue weighted by Gasteiger charge is -2.35. The lowest BCUT2D eigenvalue weighted by Crippen LogP contribution is -2.48. The van der Waals surface area contributed by atoms with Gasteiger partial charge < -0.3 is 4.90 Å². The third-order valence-electron chi connectivity index (χ3n) is 6.83. The molecule has 5 heterocycles. The van der Waals surface area contributed by atoms with Crippen molar-refractivity contribution >= 4 is 39.2 Å². The molecule has 1 fully saturated rings. The van der Waals surface area contributed by atoms with Crippen LogP contribution in [-0.2, 0) is 6.54 Å². The summed E-state index contributed by atoms with van der Waals surface area (Å²) in [6, 6.07) is 16.6. The Morgan fingerprint density at radius 3 is 2.67 bits per heavy atom. The maximum atomic E-state index is 13.8. The average Bonchev–Trinajstić information content (AvgIpc) is 3.59. The summed E-state index contributed by atoms with van der Waals surface area (Å²) in [7, 11) is 0. The number of benzene rings is 1. The van der Waals surface area contributed by atoms with Crippen molar-refractivity contribution in [2.75, 3.05) is 26.2 Å². The maximum Gasteiger partial charge on any atom is 0.254 e. The number of nitrogens with zero attached hydrogens (tertiary/aromatic N) is 6. The highest BCUT2D eigenvalue weighted by Gasteiger charge is 2.26. The smallest absolute Gasteiger partial charge is 0.254 e. The lowest BCUT2D eigenvalue weighted by molar-refractivity contribution is 0.0630. The fraction of sp³-hybridized carbons (Fsp3) is 0.286. The minimum Gasteiger partial charge on any atom is -0.336 e. The molecule has 0 unspecified atom stereocenters. The summed E-state index contributed by atoms with van der Waals surface area (Å²) in [6.45, 7) is 8.02. The van der Waals surface area contributed by atoms with Gasteiger partial charge in [-0.2, -0.15) is 5.10 Å². The van der Waals surface area contributed by atoms with Crippen molar-refractivity contribution in [3.8, 4) is 10.6 Å². The molecule has 0 spiro atoms. The van der Waals surface area contributed by atoms with Gasteiger partial charge in [-0.1, -0.05) is 30.3 Å². The molecule has 0 atom stereocenters. The van der Waals surface area contributed by atoms with Gasteiger partial charge in [-0.25, -0.2) is 9.67 Å². The van der Waals surface area contributed by atoms with Crippen molar-refractivity contribution in [1.29, 1.82) is 0 Å². The molecule has 0 aliphatic carbocycles. The third-order valence-corrected chi connectivity index (χ3v) is 7.72. The Hall–Kier alpha value is -3.62. The largest absolute Gasteiger partial charge is 0.336 e. The Bertz CT molecular complexity index is 1530. The topological polar surface area (TPSA) is 67.2 Å². The van der Waals surface area contributed by atoms with Crippen LogP contribution in [0.2, 0.25) is 0 Å². The first-order valence-electron chi connectivity index (χ1n) is 12.3. The number of aromatic nitrogens is 4. The fourth-order valence-corrected chi connectivity index (χ4v) is 5.62. The molecule has 1 aromatic carbocycles. The third kappa shape index (κ3) is 4.16. The van der Waals surface area contributed by atoms with Crippen molar-refractivity contribution in [3.05, 3.63) is 77.4 Å². The van der Waals surface area contributed by atoms with E-state index in [-0.39, 0.29) is 11.9 Å². The van der Waals surface area contributed by atoms with E-state index in [0.29, 0.717) is 18.7 Å². The number of pyridine rings is 2. The Morgan fingerprint density at radius 1 is 1.06 bits per heavy atom. The monoisotopic (exact) mass is 496 g/mol. The zero-order chi connectivity index (χ0) is 24.6. The van der Waals surface area contributed by atoms with Crippen LogP contribution >= 0.6 is 11.3 Å². The number of rotatable bonds is 5. The summed E-state index contributed by atoms with van der Waals surface area (Å²) in [6.07, 6.45) is 3.64. The van der Waals surface area contributed by atoms with E-state index in [4.69, 9.17) is 4.98 Å². The van der Waals surface area contributed by atoms with Crippen molar-refractivity contribution < 1.29 is 4.79 Å². The minimum absolute atomic E-state index is 0.0509. The molecule has 7 nitrogen and oxygen atoms in total. The number of fused-ring (bicyclic) bond motifs is 2. The molecule has 5 aromatic rings. The van der Waals surface area contributed by atoms with Crippen molar-refractivity contribution in [3.63, 3.8) is 0 Å². The van der Waals surface area contributed by atoms with E-state index >= 15 is 0 Å². The van der Waals surface area contributed by atoms with E-state index in [1.165, 1.54) is 5.56 Å². The summed E-state index contributed by atoms with van der Waals surface area (Å²) in [5.41, 5.74) is 4.56. The molecule has 0 N–H and O–H groups in total. The van der Waals surface area contributed by atoms with Gasteiger partial charge in [0.05, 0.1) is 33.2 Å². The Labute approximate surface area is 214 Å². The first kappa shape index (κ1) is 22.8. The number of hydrogen-bond acceptors (Lipinski definition) is 6. The van der Waals surface area contributed by atoms with Crippen LogP contribution in [-0.4, -0.2) is 61.6 Å². The molecule has 36 heavy (non-hydrogen) atoms. The van der Waals surface area contributed by atoms with E-state index < -0.39 is 0 Å². The molecule has 0 radical (unpaired) electrons. The predicted octanol–water partition coefficient (Wildman–Crippen LogP) is 5.25. The highest BCUT2D eigenvalue weighted by Crippen LogP contribution is 2.30. The molecular formula is C28H28N6OS. The first-order chi connectivity index (χ1) is 17.6. The van der Waals surface area contributed by atoms with Crippen LogP contribution < -0.4 is 0 Å². The second-order valence-electron chi connectivity index (χ2n) is 9.51. The van der Waals surface area contributed by atoms with E-state index in [2.05, 4.69) is 53.1 Å². The van der Waals surface area contributed by atoms with Gasteiger partial charge in [-0.3, -0.25) is 14.7 Å². The van der Waals surface area contributed by atoms with Crippen LogP contribution in [0.5, 0.6) is 0 Å². The van der Waals surface area contributed by atoms with Crippen molar-refractivity contribution in [1.82, 2.24) is 29.5 Å². The predicted molar refractivity (Wildman–Crippen MR) is 144 cm³/mol. The Kier molecular flexibility index (Phi) is 5.99. The molecule has 182 valence electrons. The zero-order valence-corrected chi connectivity index (χ0v) is 21.3.